The second-order valence-corrected chi connectivity index (χ2v) is 29.5. The van der Waals surface area contributed by atoms with E-state index in [4.69, 9.17) is 26.1 Å². The van der Waals surface area contributed by atoms with Crippen molar-refractivity contribution in [2.24, 2.45) is 52.8 Å². The Morgan fingerprint density at radius 1 is 0.892 bits per heavy atom. The largest absolute Gasteiger partial charge is 0.377 e. The van der Waals surface area contributed by atoms with E-state index in [9.17, 15) is 23.3 Å². The number of carbonyl (C=O) groups is 1. The molecule has 446 valence electrons. The number of aromatic nitrogens is 2. The van der Waals surface area contributed by atoms with Crippen LogP contribution in [0.3, 0.4) is 0 Å². The summed E-state index contributed by atoms with van der Waals surface area (Å²) < 4.78 is 41.8. The summed E-state index contributed by atoms with van der Waals surface area (Å²) in [4.78, 5) is 41.3. The quantitative estimate of drug-likeness (QED) is 0.0629. The minimum atomic E-state index is -4.60. The smallest absolute Gasteiger partial charge is 0.293 e. The molecule has 5 heterocycles. The molecule has 18 heteroatoms. The van der Waals surface area contributed by atoms with Crippen molar-refractivity contribution in [2.75, 3.05) is 80.8 Å². The number of sulfonamides is 1. The number of fused-ring (bicyclic) bond motifs is 2. The summed E-state index contributed by atoms with van der Waals surface area (Å²) in [6.45, 7) is 23.3. The predicted molar refractivity (Wildman–Crippen MR) is 335 cm³/mol. The number of amides is 1. The molecule has 2 saturated heterocycles. The first-order valence-electron chi connectivity index (χ1n) is 30.6. The lowest BCUT2D eigenvalue weighted by Gasteiger charge is -2.59. The molecule has 2 aromatic heterocycles. The summed E-state index contributed by atoms with van der Waals surface area (Å²) in [5.74, 6) is 4.80. The number of hydrogen-bond donors (Lipinski definition) is 3. The van der Waals surface area contributed by atoms with Gasteiger partial charge in [0, 0.05) is 79.4 Å². The molecule has 3 aliphatic carbocycles. The summed E-state index contributed by atoms with van der Waals surface area (Å²) >= 11 is 8.32. The van der Waals surface area contributed by atoms with E-state index in [-0.39, 0.29) is 34.6 Å². The molecule has 5 aromatic rings. The third kappa shape index (κ3) is 12.7. The molecule has 15 nitrogen and oxygen atoms in total. The molecule has 4 fully saturated rings. The zero-order valence-corrected chi connectivity index (χ0v) is 51.9. The van der Waals surface area contributed by atoms with Gasteiger partial charge in [-0.05, 0) is 163 Å². The number of nitrogens with one attached hydrogen (secondary N) is 3. The molecule has 0 bridgehead atoms. The molecular weight excluding hydrogens is 1100 g/mol. The lowest BCUT2D eigenvalue weighted by Crippen LogP contribution is -2.52. The fourth-order valence-electron chi connectivity index (χ4n) is 15.5. The van der Waals surface area contributed by atoms with Crippen molar-refractivity contribution in [2.45, 2.75) is 128 Å². The monoisotopic (exact) mass is 1190 g/mol. The van der Waals surface area contributed by atoms with Crippen molar-refractivity contribution < 1.29 is 27.6 Å². The molecule has 0 radical (unpaired) electrons. The number of rotatable bonds is 16. The number of nitro benzene ring substituents is 1. The van der Waals surface area contributed by atoms with E-state index in [0.29, 0.717) is 55.7 Å². The normalized spacial score (nSPS) is 27.5. The third-order valence-corrected chi connectivity index (χ3v) is 22.5. The van der Waals surface area contributed by atoms with Crippen molar-refractivity contribution in [1.29, 1.82) is 0 Å². The van der Waals surface area contributed by atoms with E-state index in [1.54, 1.807) is 29.0 Å². The van der Waals surface area contributed by atoms with Crippen molar-refractivity contribution in [3.05, 3.63) is 111 Å². The summed E-state index contributed by atoms with van der Waals surface area (Å²) in [5.41, 5.74) is 7.56. The van der Waals surface area contributed by atoms with Gasteiger partial charge in [-0.15, -0.1) is 0 Å². The van der Waals surface area contributed by atoms with Crippen LogP contribution in [0.5, 0.6) is 0 Å². The number of aromatic amines is 1. The Bertz CT molecular complexity index is 3270. The standard InChI is InChI=1S/C65H85ClN8O7S2/c1-40(2)52-16-8-42(5)30-56(52)65(57-31-43(6)9-17-53(57)41(3)4)22-20-47(55(35-65)45-10-12-48(66)13-11-45)38-71-24-26-72(27-25-71)49-14-18-54(59(33-49)73-37-44(7)82-64-61(73)32-46-21-23-67-62(46)69-64)63(75)70-83(78,79)51-15-19-58(60(34-51)74(76)77)68-36-50-39-80-28-29-81-50/h10-15,18-19,21,23,32-34,40-44,50,52-53,56-57,68H,8-9,16-17,20,22,24-31,35-39H2,1-7H3,(H,67,69)(H,70,75)/t42?,43?,44-,50-,52?,53?,56?,57?,65?/m1/s1. The third-order valence-electron chi connectivity index (χ3n) is 19.8. The highest BCUT2D eigenvalue weighted by Crippen LogP contribution is 2.64. The summed E-state index contributed by atoms with van der Waals surface area (Å²) in [7, 11) is -4.60. The number of allylic oxidation sites excluding steroid dienone is 1. The van der Waals surface area contributed by atoms with Gasteiger partial charge in [0.05, 0.1) is 52.7 Å². The van der Waals surface area contributed by atoms with Crippen LogP contribution in [0.25, 0.3) is 16.6 Å². The van der Waals surface area contributed by atoms with Crippen molar-refractivity contribution >= 4 is 84.3 Å². The number of anilines is 4. The molecular formula is C65H85ClN8O7S2. The van der Waals surface area contributed by atoms with E-state index in [1.165, 1.54) is 62.6 Å². The van der Waals surface area contributed by atoms with Gasteiger partial charge in [0.25, 0.3) is 21.6 Å². The molecule has 3 N–H and O–H groups in total. The second-order valence-electron chi connectivity index (χ2n) is 25.9. The number of hydrogen-bond acceptors (Lipinski definition) is 13. The molecule has 3 aromatic carbocycles. The van der Waals surface area contributed by atoms with Gasteiger partial charge in [-0.2, -0.15) is 0 Å². The van der Waals surface area contributed by atoms with Crippen molar-refractivity contribution in [3.63, 3.8) is 0 Å². The molecule has 8 atom stereocenters. The molecule has 1 amide bonds. The van der Waals surface area contributed by atoms with Gasteiger partial charge in [-0.1, -0.05) is 102 Å². The van der Waals surface area contributed by atoms with Crippen LogP contribution < -0.4 is 19.8 Å². The maximum atomic E-state index is 14.7. The van der Waals surface area contributed by atoms with Gasteiger partial charge in [0.1, 0.15) is 16.4 Å². The lowest BCUT2D eigenvalue weighted by atomic mass is 9.46. The number of halogens is 1. The number of nitro groups is 1. The average molecular weight is 1190 g/mol. The number of ether oxygens (including phenoxy) is 2. The van der Waals surface area contributed by atoms with Crippen molar-refractivity contribution in [3.8, 4) is 0 Å². The Labute approximate surface area is 500 Å². The van der Waals surface area contributed by atoms with E-state index >= 15 is 0 Å². The van der Waals surface area contributed by atoms with Gasteiger partial charge in [-0.3, -0.25) is 19.8 Å². The highest BCUT2D eigenvalue weighted by molar-refractivity contribution is 8.00. The Kier molecular flexibility index (Phi) is 18.0. The summed E-state index contributed by atoms with van der Waals surface area (Å²) in [5, 5.41) is 17.9. The molecule has 83 heavy (non-hydrogen) atoms. The van der Waals surface area contributed by atoms with Crippen LogP contribution >= 0.6 is 23.4 Å². The van der Waals surface area contributed by atoms with Crippen LogP contribution in [0.2, 0.25) is 5.02 Å². The fraction of sp³-hybridized carbons (Fsp3) is 0.569. The Balaban J connectivity index is 0.882. The van der Waals surface area contributed by atoms with Crippen LogP contribution in [0.15, 0.2) is 94.5 Å². The number of piperazine rings is 1. The Morgan fingerprint density at radius 3 is 2.27 bits per heavy atom. The van der Waals surface area contributed by atoms with Gasteiger partial charge < -0.3 is 29.6 Å². The summed E-state index contributed by atoms with van der Waals surface area (Å²) in [6, 6.07) is 22.0. The summed E-state index contributed by atoms with van der Waals surface area (Å²) in [6.07, 6.45) is 13.0. The van der Waals surface area contributed by atoms with E-state index in [1.807, 2.05) is 24.4 Å². The maximum absolute atomic E-state index is 14.7. The Morgan fingerprint density at radius 2 is 1.60 bits per heavy atom. The highest BCUT2D eigenvalue weighted by atomic mass is 35.5. The number of nitrogens with zero attached hydrogens (tertiary/aromatic N) is 5. The minimum Gasteiger partial charge on any atom is -0.377 e. The number of carbonyl (C=O) groups excluding carboxylic acids is 1. The number of H-pyrrole nitrogens is 1. The van der Waals surface area contributed by atoms with E-state index in [2.05, 4.69) is 109 Å². The average Bonchev–Trinajstić information content (AvgIpc) is 4.16. The van der Waals surface area contributed by atoms with Gasteiger partial charge in [-0.25, -0.2) is 18.1 Å². The molecule has 3 aliphatic heterocycles. The van der Waals surface area contributed by atoms with Crippen LogP contribution in [-0.4, -0.2) is 111 Å². The molecule has 11 rings (SSSR count). The van der Waals surface area contributed by atoms with Crippen LogP contribution in [-0.2, 0) is 19.5 Å². The highest BCUT2D eigenvalue weighted by Gasteiger charge is 2.55. The van der Waals surface area contributed by atoms with Crippen LogP contribution in [0, 0.1) is 62.9 Å². The predicted octanol–water partition coefficient (Wildman–Crippen LogP) is 13.9. The van der Waals surface area contributed by atoms with Crippen molar-refractivity contribution in [1.82, 2.24) is 19.6 Å². The topological polar surface area (TPSA) is 175 Å². The molecule has 6 aliphatic rings. The van der Waals surface area contributed by atoms with Crippen LogP contribution in [0.4, 0.5) is 28.4 Å². The number of benzene rings is 3. The van der Waals surface area contributed by atoms with Gasteiger partial charge in [0.2, 0.25) is 0 Å². The minimum absolute atomic E-state index is 0.0712. The maximum Gasteiger partial charge on any atom is 0.293 e. The molecule has 6 unspecified atom stereocenters. The molecule has 2 saturated carbocycles. The van der Waals surface area contributed by atoms with Gasteiger partial charge >= 0.3 is 0 Å². The fourth-order valence-corrected chi connectivity index (χ4v) is 17.7. The second kappa shape index (κ2) is 25.0. The zero-order chi connectivity index (χ0) is 58.3. The molecule has 0 spiro atoms. The van der Waals surface area contributed by atoms with E-state index < -0.39 is 31.4 Å². The first-order valence-corrected chi connectivity index (χ1v) is 33.4. The van der Waals surface area contributed by atoms with Gasteiger partial charge in [0.15, 0.2) is 0 Å². The zero-order valence-electron chi connectivity index (χ0n) is 49.5. The van der Waals surface area contributed by atoms with Crippen LogP contribution in [0.1, 0.15) is 122 Å². The lowest BCUT2D eigenvalue weighted by molar-refractivity contribution is -0.384. The number of thioether (sulfide) groups is 1. The van der Waals surface area contributed by atoms with E-state index in [0.717, 1.165) is 108 Å². The Hall–Kier alpha value is -5.17. The number of pyridine rings is 1. The first kappa shape index (κ1) is 59.6. The SMILES string of the molecule is CC1CCC(C(C)C)C(C2(C3CC(C)CCC3C(C)C)CCC(CN3CCN(c4ccc(C(=O)NS(=O)(=O)c5ccc(NC[C@@H]6COCCO6)c([N+](=O)[O-])c5)c(N5C[C@@H](C)Sc6nc7[nH]ccc7cc65)c4)CC3)=C(c3ccc(Cl)cc3)C2)C1. The first-order chi connectivity index (χ1) is 39.8.